The average molecular weight is 496 g/mol. The third kappa shape index (κ3) is 4.74. The first-order valence-electron chi connectivity index (χ1n) is 13.1. The highest BCUT2D eigenvalue weighted by Crippen LogP contribution is 2.38. The Balaban J connectivity index is 1.27. The summed E-state index contributed by atoms with van der Waals surface area (Å²) in [6.45, 7) is 5.91. The van der Waals surface area contributed by atoms with Gasteiger partial charge in [0.15, 0.2) is 0 Å². The minimum absolute atomic E-state index is 0.00597. The van der Waals surface area contributed by atoms with Crippen molar-refractivity contribution >= 4 is 17.4 Å². The molecule has 0 aromatic heterocycles. The number of hydrogen-bond acceptors (Lipinski definition) is 4. The number of amides is 2. The van der Waals surface area contributed by atoms with Crippen LogP contribution < -0.4 is 4.74 Å². The fraction of sp³-hybridized carbons (Fsp3) is 0.355. The molecule has 0 radical (unpaired) electrons. The van der Waals surface area contributed by atoms with Crippen molar-refractivity contribution in [1.29, 1.82) is 0 Å². The fourth-order valence-electron chi connectivity index (χ4n) is 5.78. The number of urea groups is 1. The van der Waals surface area contributed by atoms with Crippen LogP contribution in [0.1, 0.15) is 49.4 Å². The van der Waals surface area contributed by atoms with Crippen LogP contribution in [0.5, 0.6) is 5.75 Å². The van der Waals surface area contributed by atoms with Crippen molar-refractivity contribution in [2.75, 3.05) is 19.7 Å². The minimum atomic E-state index is -0.793. The van der Waals surface area contributed by atoms with E-state index >= 15 is 0 Å². The average Bonchev–Trinajstić information content (AvgIpc) is 3.13. The number of rotatable bonds is 2. The van der Waals surface area contributed by atoms with E-state index < -0.39 is 5.60 Å². The molecule has 3 aliphatic rings. The Morgan fingerprint density at radius 3 is 2.65 bits per heavy atom. The number of benzene rings is 3. The Bertz CT molecular complexity index is 1370. The number of piperidine rings is 1. The van der Waals surface area contributed by atoms with Crippen LogP contribution in [0.2, 0.25) is 0 Å². The summed E-state index contributed by atoms with van der Waals surface area (Å²) in [5.41, 5.74) is 6.93. The van der Waals surface area contributed by atoms with Gasteiger partial charge in [0.2, 0.25) is 0 Å². The molecule has 3 heterocycles. The largest absolute Gasteiger partial charge is 0.491 e. The summed E-state index contributed by atoms with van der Waals surface area (Å²) in [5, 5.41) is 10.8. The standard InChI is InChI=1S/C31H33N3O3/c1-21-16-25-9-8-24(18-27(25)32-21)23-10-11-29-26(17-23)20-33(14-15-37-29)30(35)34-13-12-31(2,36)19-28(34)22-6-4-3-5-7-22/h3-11,17-18,28,36H,12-16,19-20H2,1-2H3/t28-,31-/m1/s1. The number of aliphatic hydroxyl groups is 1. The van der Waals surface area contributed by atoms with E-state index in [4.69, 9.17) is 4.74 Å². The molecule has 2 amide bonds. The lowest BCUT2D eigenvalue weighted by Gasteiger charge is -2.44. The third-order valence-electron chi connectivity index (χ3n) is 7.82. The van der Waals surface area contributed by atoms with E-state index in [-0.39, 0.29) is 12.1 Å². The monoisotopic (exact) mass is 495 g/mol. The second-order valence-electron chi connectivity index (χ2n) is 10.8. The first-order chi connectivity index (χ1) is 17.9. The number of ether oxygens (including phenoxy) is 1. The highest BCUT2D eigenvalue weighted by atomic mass is 16.5. The lowest BCUT2D eigenvalue weighted by molar-refractivity contribution is -0.0256. The summed E-state index contributed by atoms with van der Waals surface area (Å²) in [4.78, 5) is 22.4. The molecule has 3 aromatic carbocycles. The Hall–Kier alpha value is -3.64. The van der Waals surface area contributed by atoms with Crippen molar-refractivity contribution in [3.63, 3.8) is 0 Å². The van der Waals surface area contributed by atoms with Gasteiger partial charge in [-0.2, -0.15) is 0 Å². The van der Waals surface area contributed by atoms with Gasteiger partial charge in [0.05, 0.1) is 30.4 Å². The van der Waals surface area contributed by atoms with Crippen molar-refractivity contribution in [3.8, 4) is 16.9 Å². The SMILES string of the molecule is CC1=Nc2cc(-c3ccc4c(c3)CN(C(=O)N3CC[C@@](C)(O)C[C@@H]3c3ccccc3)CCO4)ccc2C1. The molecule has 0 bridgehead atoms. The van der Waals surface area contributed by atoms with E-state index in [0.717, 1.165) is 45.8 Å². The summed E-state index contributed by atoms with van der Waals surface area (Å²) in [6, 6.07) is 22.6. The normalized spacial score (nSPS) is 23.0. The van der Waals surface area contributed by atoms with Crippen LogP contribution >= 0.6 is 0 Å². The second-order valence-corrected chi connectivity index (χ2v) is 10.8. The molecular weight excluding hydrogens is 462 g/mol. The van der Waals surface area contributed by atoms with Crippen LogP contribution in [-0.4, -0.2) is 51.9 Å². The smallest absolute Gasteiger partial charge is 0.320 e. The molecule has 1 N–H and O–H groups in total. The van der Waals surface area contributed by atoms with Gasteiger partial charge in [-0.05, 0) is 60.7 Å². The zero-order chi connectivity index (χ0) is 25.6. The summed E-state index contributed by atoms with van der Waals surface area (Å²) in [5.74, 6) is 0.829. The predicted octanol–water partition coefficient (Wildman–Crippen LogP) is 5.90. The molecule has 3 aromatic rings. The summed E-state index contributed by atoms with van der Waals surface area (Å²) < 4.78 is 6.07. The van der Waals surface area contributed by atoms with E-state index in [1.54, 1.807) is 0 Å². The van der Waals surface area contributed by atoms with Crippen molar-refractivity contribution in [2.45, 2.75) is 51.3 Å². The Morgan fingerprint density at radius 2 is 1.81 bits per heavy atom. The molecule has 3 aliphatic heterocycles. The number of hydrogen-bond donors (Lipinski definition) is 1. The van der Waals surface area contributed by atoms with Gasteiger partial charge in [0.25, 0.3) is 0 Å². The summed E-state index contributed by atoms with van der Waals surface area (Å²) in [6.07, 6.45) is 2.00. The zero-order valence-electron chi connectivity index (χ0n) is 21.5. The third-order valence-corrected chi connectivity index (χ3v) is 7.82. The molecule has 2 atom stereocenters. The quantitative estimate of drug-likeness (QED) is 0.481. The Morgan fingerprint density at radius 1 is 1.03 bits per heavy atom. The molecule has 6 nitrogen and oxygen atoms in total. The summed E-state index contributed by atoms with van der Waals surface area (Å²) in [7, 11) is 0. The van der Waals surface area contributed by atoms with Gasteiger partial charge in [-0.3, -0.25) is 4.99 Å². The zero-order valence-corrected chi connectivity index (χ0v) is 21.5. The Kier molecular flexibility index (Phi) is 6.00. The van der Waals surface area contributed by atoms with E-state index in [1.807, 2.05) is 53.1 Å². The van der Waals surface area contributed by atoms with Crippen LogP contribution in [-0.2, 0) is 13.0 Å². The predicted molar refractivity (Wildman–Crippen MR) is 145 cm³/mol. The highest BCUT2D eigenvalue weighted by Gasteiger charge is 2.39. The molecule has 6 heteroatoms. The van der Waals surface area contributed by atoms with Gasteiger partial charge in [-0.15, -0.1) is 0 Å². The number of likely N-dealkylation sites (tertiary alicyclic amines) is 1. The van der Waals surface area contributed by atoms with Gasteiger partial charge < -0.3 is 19.6 Å². The lowest BCUT2D eigenvalue weighted by Crippen LogP contribution is -2.51. The van der Waals surface area contributed by atoms with Crippen LogP contribution in [0, 0.1) is 0 Å². The topological polar surface area (TPSA) is 65.4 Å². The number of aliphatic imine (C=N–C) groups is 1. The number of carbonyl (C=O) groups excluding carboxylic acids is 1. The molecule has 1 saturated heterocycles. The summed E-state index contributed by atoms with van der Waals surface area (Å²) >= 11 is 0. The fourth-order valence-corrected chi connectivity index (χ4v) is 5.78. The number of nitrogens with zero attached hydrogens (tertiary/aromatic N) is 3. The van der Waals surface area contributed by atoms with Crippen LogP contribution in [0.4, 0.5) is 10.5 Å². The van der Waals surface area contributed by atoms with E-state index in [0.29, 0.717) is 39.1 Å². The second kappa shape index (κ2) is 9.34. The van der Waals surface area contributed by atoms with Crippen LogP contribution in [0.15, 0.2) is 71.7 Å². The first kappa shape index (κ1) is 23.7. The van der Waals surface area contributed by atoms with Crippen molar-refractivity contribution in [3.05, 3.63) is 83.4 Å². The lowest BCUT2D eigenvalue weighted by atomic mass is 9.85. The highest BCUT2D eigenvalue weighted by molar-refractivity contribution is 5.93. The molecule has 0 aliphatic carbocycles. The van der Waals surface area contributed by atoms with Gasteiger partial charge in [-0.25, -0.2) is 4.79 Å². The van der Waals surface area contributed by atoms with E-state index in [9.17, 15) is 9.90 Å². The molecule has 6 rings (SSSR count). The maximum Gasteiger partial charge on any atom is 0.320 e. The molecule has 0 unspecified atom stereocenters. The number of carbonyl (C=O) groups is 1. The van der Waals surface area contributed by atoms with Crippen molar-refractivity contribution < 1.29 is 14.6 Å². The van der Waals surface area contributed by atoms with Crippen molar-refractivity contribution in [1.82, 2.24) is 9.80 Å². The number of fused-ring (bicyclic) bond motifs is 2. The van der Waals surface area contributed by atoms with Gasteiger partial charge in [0, 0.05) is 30.7 Å². The van der Waals surface area contributed by atoms with Crippen LogP contribution in [0.3, 0.4) is 0 Å². The van der Waals surface area contributed by atoms with E-state index in [1.165, 1.54) is 5.56 Å². The molecule has 190 valence electrons. The van der Waals surface area contributed by atoms with Crippen molar-refractivity contribution in [2.24, 2.45) is 4.99 Å². The van der Waals surface area contributed by atoms with E-state index in [2.05, 4.69) is 42.2 Å². The maximum atomic E-state index is 13.9. The maximum absolute atomic E-state index is 13.9. The van der Waals surface area contributed by atoms with Gasteiger partial charge in [0.1, 0.15) is 12.4 Å². The minimum Gasteiger partial charge on any atom is -0.491 e. The molecule has 1 fully saturated rings. The van der Waals surface area contributed by atoms with Gasteiger partial charge >= 0.3 is 6.03 Å². The molecule has 0 spiro atoms. The molecular formula is C31H33N3O3. The molecule has 0 saturated carbocycles. The molecule has 37 heavy (non-hydrogen) atoms. The Labute approximate surface area is 218 Å². The van der Waals surface area contributed by atoms with Crippen LogP contribution in [0.25, 0.3) is 11.1 Å². The first-order valence-corrected chi connectivity index (χ1v) is 13.1. The van der Waals surface area contributed by atoms with Gasteiger partial charge in [-0.1, -0.05) is 48.5 Å².